The third kappa shape index (κ3) is 4.00. The van der Waals surface area contributed by atoms with E-state index in [0.717, 1.165) is 37.3 Å². The Bertz CT molecular complexity index is 1100. The summed E-state index contributed by atoms with van der Waals surface area (Å²) in [5, 5.41) is 8.41. The van der Waals surface area contributed by atoms with Gasteiger partial charge in [0.15, 0.2) is 5.58 Å². The molecule has 1 fully saturated rings. The molecule has 0 N–H and O–H groups in total. The van der Waals surface area contributed by atoms with Gasteiger partial charge >= 0.3 is 0 Å². The zero-order chi connectivity index (χ0) is 19.6. The van der Waals surface area contributed by atoms with Crippen LogP contribution in [0.1, 0.15) is 22.9 Å². The Kier molecular flexibility index (Phi) is 4.73. The molecule has 0 saturated carbocycles. The maximum Gasteiger partial charge on any atom is 0.298 e. The lowest BCUT2D eigenvalue weighted by Gasteiger charge is -2.32. The van der Waals surface area contributed by atoms with Crippen molar-refractivity contribution in [2.45, 2.75) is 19.9 Å². The number of hydrogen-bond donors (Lipinski definition) is 0. The molecule has 0 aliphatic carbocycles. The van der Waals surface area contributed by atoms with E-state index in [4.69, 9.17) is 8.83 Å². The van der Waals surface area contributed by atoms with E-state index < -0.39 is 0 Å². The fourth-order valence-electron chi connectivity index (χ4n) is 3.64. The monoisotopic (exact) mass is 389 g/mol. The first-order chi connectivity index (χ1) is 14.2. The number of hydrogen-bond acceptors (Lipinski definition) is 7. The third-order valence-electron chi connectivity index (χ3n) is 5.24. The van der Waals surface area contributed by atoms with Gasteiger partial charge in [-0.2, -0.15) is 4.98 Å². The van der Waals surface area contributed by atoms with Gasteiger partial charge in [0.05, 0.1) is 13.0 Å². The highest BCUT2D eigenvalue weighted by molar-refractivity contribution is 5.75. The first-order valence-electron chi connectivity index (χ1n) is 9.93. The summed E-state index contributed by atoms with van der Waals surface area (Å²) in [5.41, 5.74) is 4.11. The molecule has 5 rings (SSSR count). The van der Waals surface area contributed by atoms with Crippen molar-refractivity contribution in [1.82, 2.24) is 20.1 Å². The molecule has 4 aromatic rings. The minimum atomic E-state index is 0.659. The van der Waals surface area contributed by atoms with Crippen molar-refractivity contribution in [2.24, 2.45) is 0 Å². The second-order valence-electron chi connectivity index (χ2n) is 7.48. The van der Waals surface area contributed by atoms with E-state index in [1.165, 1.54) is 11.1 Å². The lowest BCUT2D eigenvalue weighted by molar-refractivity contribution is 0.221. The third-order valence-corrected chi connectivity index (χ3v) is 5.24. The molecule has 0 unspecified atom stereocenters. The minimum absolute atomic E-state index is 0.659. The molecule has 7 heteroatoms. The smallest absolute Gasteiger partial charge is 0.298 e. The van der Waals surface area contributed by atoms with Gasteiger partial charge in [-0.3, -0.25) is 4.90 Å². The maximum atomic E-state index is 5.93. The molecule has 3 heterocycles. The fourth-order valence-corrected chi connectivity index (χ4v) is 3.64. The summed E-state index contributed by atoms with van der Waals surface area (Å²) >= 11 is 0. The van der Waals surface area contributed by atoms with Crippen LogP contribution in [0, 0.1) is 6.92 Å². The van der Waals surface area contributed by atoms with Gasteiger partial charge in [-0.25, -0.2) is 0 Å². The molecule has 1 saturated heterocycles. The Morgan fingerprint density at radius 1 is 0.897 bits per heavy atom. The number of fused-ring (bicyclic) bond motifs is 1. The summed E-state index contributed by atoms with van der Waals surface area (Å²) in [7, 11) is 0. The lowest BCUT2D eigenvalue weighted by atomic mass is 10.2. The fraction of sp³-hybridized carbons (Fsp3) is 0.318. The first kappa shape index (κ1) is 17.9. The van der Waals surface area contributed by atoms with Crippen molar-refractivity contribution in [3.8, 4) is 0 Å². The van der Waals surface area contributed by atoms with E-state index in [2.05, 4.69) is 50.1 Å². The van der Waals surface area contributed by atoms with Crippen LogP contribution >= 0.6 is 0 Å². The zero-order valence-corrected chi connectivity index (χ0v) is 16.4. The molecule has 1 aliphatic heterocycles. The highest BCUT2D eigenvalue weighted by atomic mass is 16.4. The number of piperazine rings is 1. The summed E-state index contributed by atoms with van der Waals surface area (Å²) in [6, 6.07) is 17.0. The van der Waals surface area contributed by atoms with Gasteiger partial charge < -0.3 is 13.7 Å². The molecule has 0 spiro atoms. The summed E-state index contributed by atoms with van der Waals surface area (Å²) in [5.74, 6) is 1.33. The van der Waals surface area contributed by atoms with Crippen molar-refractivity contribution in [1.29, 1.82) is 0 Å². The topological polar surface area (TPSA) is 71.4 Å². The Balaban J connectivity index is 1.18. The van der Waals surface area contributed by atoms with Crippen LogP contribution in [0.4, 0.5) is 6.01 Å². The molecule has 0 amide bonds. The SMILES string of the molecule is Cc1ccc2oc(N3CCN(Cc4nnc(Cc5ccccc5)o4)CC3)nc2c1. The van der Waals surface area contributed by atoms with Gasteiger partial charge in [-0.15, -0.1) is 10.2 Å². The quantitative estimate of drug-likeness (QED) is 0.518. The Labute approximate surface area is 169 Å². The van der Waals surface area contributed by atoms with E-state index in [1.54, 1.807) is 0 Å². The Morgan fingerprint density at radius 3 is 2.52 bits per heavy atom. The molecule has 0 radical (unpaired) electrons. The van der Waals surface area contributed by atoms with Crippen molar-refractivity contribution in [2.75, 3.05) is 31.1 Å². The van der Waals surface area contributed by atoms with E-state index >= 15 is 0 Å². The number of nitrogens with zero attached hydrogens (tertiary/aromatic N) is 5. The van der Waals surface area contributed by atoms with Crippen LogP contribution in [-0.4, -0.2) is 46.3 Å². The van der Waals surface area contributed by atoms with Crippen LogP contribution in [0.2, 0.25) is 0 Å². The molecule has 2 aromatic heterocycles. The maximum absolute atomic E-state index is 5.93. The average Bonchev–Trinajstić information content (AvgIpc) is 3.36. The van der Waals surface area contributed by atoms with Crippen LogP contribution < -0.4 is 4.90 Å². The largest absolute Gasteiger partial charge is 0.424 e. The zero-order valence-electron chi connectivity index (χ0n) is 16.4. The summed E-state index contributed by atoms with van der Waals surface area (Å²) in [6.45, 7) is 6.24. The number of rotatable bonds is 5. The van der Waals surface area contributed by atoms with Gasteiger partial charge in [0.2, 0.25) is 11.8 Å². The molecule has 29 heavy (non-hydrogen) atoms. The Morgan fingerprint density at radius 2 is 1.69 bits per heavy atom. The van der Waals surface area contributed by atoms with E-state index in [1.807, 2.05) is 30.3 Å². The number of aryl methyl sites for hydroxylation is 1. The Hall–Kier alpha value is -3.19. The number of aromatic nitrogens is 3. The number of anilines is 1. The molecule has 0 atom stereocenters. The van der Waals surface area contributed by atoms with Crippen LogP contribution in [-0.2, 0) is 13.0 Å². The van der Waals surface area contributed by atoms with Gasteiger partial charge in [-0.1, -0.05) is 36.4 Å². The van der Waals surface area contributed by atoms with Crippen LogP contribution in [0.25, 0.3) is 11.1 Å². The highest BCUT2D eigenvalue weighted by Gasteiger charge is 2.22. The number of benzene rings is 2. The molecule has 0 bridgehead atoms. The van der Waals surface area contributed by atoms with Gasteiger partial charge in [0.1, 0.15) is 5.52 Å². The normalized spacial score (nSPS) is 15.3. The van der Waals surface area contributed by atoms with E-state index in [9.17, 15) is 0 Å². The summed E-state index contributed by atoms with van der Waals surface area (Å²) in [4.78, 5) is 9.17. The molecular formula is C22H23N5O2. The van der Waals surface area contributed by atoms with Crippen molar-refractivity contribution in [3.05, 3.63) is 71.4 Å². The lowest BCUT2D eigenvalue weighted by Crippen LogP contribution is -2.46. The van der Waals surface area contributed by atoms with Gasteiger partial charge in [0.25, 0.3) is 6.01 Å². The first-order valence-corrected chi connectivity index (χ1v) is 9.93. The van der Waals surface area contributed by atoms with Crippen LogP contribution in [0.5, 0.6) is 0 Å². The molecule has 2 aromatic carbocycles. The van der Waals surface area contributed by atoms with Crippen LogP contribution in [0.3, 0.4) is 0 Å². The van der Waals surface area contributed by atoms with Crippen molar-refractivity contribution in [3.63, 3.8) is 0 Å². The van der Waals surface area contributed by atoms with E-state index in [-0.39, 0.29) is 0 Å². The van der Waals surface area contributed by atoms with Crippen LogP contribution in [0.15, 0.2) is 57.4 Å². The molecule has 1 aliphatic rings. The average molecular weight is 389 g/mol. The van der Waals surface area contributed by atoms with Gasteiger partial charge in [0, 0.05) is 26.2 Å². The second-order valence-corrected chi connectivity index (χ2v) is 7.48. The minimum Gasteiger partial charge on any atom is -0.424 e. The second kappa shape index (κ2) is 7.67. The summed E-state index contributed by atoms with van der Waals surface area (Å²) in [6.07, 6.45) is 0.665. The van der Waals surface area contributed by atoms with Crippen molar-refractivity contribution >= 4 is 17.1 Å². The molecule has 148 valence electrons. The molecule has 7 nitrogen and oxygen atoms in total. The predicted molar refractivity (Wildman–Crippen MR) is 110 cm³/mol. The van der Waals surface area contributed by atoms with Crippen molar-refractivity contribution < 1.29 is 8.83 Å². The van der Waals surface area contributed by atoms with Gasteiger partial charge in [-0.05, 0) is 30.2 Å². The standard InChI is InChI=1S/C22H23N5O2/c1-16-7-8-19-18(13-16)23-22(28-19)27-11-9-26(10-12-27)15-21-25-24-20(29-21)14-17-5-3-2-4-6-17/h2-8,13H,9-12,14-15H2,1H3. The van der Waals surface area contributed by atoms with E-state index in [0.29, 0.717) is 30.8 Å². The highest BCUT2D eigenvalue weighted by Crippen LogP contribution is 2.24. The molecular weight excluding hydrogens is 366 g/mol. The summed E-state index contributed by atoms with van der Waals surface area (Å²) < 4.78 is 11.8. The number of oxazole rings is 1. The predicted octanol–water partition coefficient (Wildman–Crippen LogP) is 3.43.